The monoisotopic (exact) mass is 192 g/mol. The van der Waals surface area contributed by atoms with Gasteiger partial charge in [-0.25, -0.2) is 4.79 Å². The Morgan fingerprint density at radius 2 is 2.17 bits per heavy atom. The zero-order valence-electron chi connectivity index (χ0n) is 7.41. The normalized spacial score (nSPS) is 9.83. The third-order valence-electron chi connectivity index (χ3n) is 1.22. The standard InChI is InChI=1S/C8H16O3S/c1-2-11-8(9)7-10-5-3-4-6-12/h12H,2-7H2,1H3. The maximum atomic E-state index is 10.7. The second-order valence-electron chi connectivity index (χ2n) is 2.29. The van der Waals surface area contributed by atoms with Gasteiger partial charge in [0.15, 0.2) is 0 Å². The minimum Gasteiger partial charge on any atom is -0.464 e. The van der Waals surface area contributed by atoms with Gasteiger partial charge in [-0.1, -0.05) is 0 Å². The van der Waals surface area contributed by atoms with E-state index in [-0.39, 0.29) is 12.6 Å². The molecule has 3 nitrogen and oxygen atoms in total. The van der Waals surface area contributed by atoms with Crippen LogP contribution in [0, 0.1) is 0 Å². The number of hydrogen-bond donors (Lipinski definition) is 1. The minimum atomic E-state index is -0.289. The molecule has 12 heavy (non-hydrogen) atoms. The molecule has 0 fully saturated rings. The molecule has 0 aromatic carbocycles. The van der Waals surface area contributed by atoms with Gasteiger partial charge in [0.25, 0.3) is 0 Å². The summed E-state index contributed by atoms with van der Waals surface area (Å²) < 4.78 is 9.71. The maximum Gasteiger partial charge on any atom is 0.332 e. The summed E-state index contributed by atoms with van der Waals surface area (Å²) in [5, 5.41) is 0. The van der Waals surface area contributed by atoms with Gasteiger partial charge in [0.2, 0.25) is 0 Å². The Balaban J connectivity index is 3.03. The Labute approximate surface area is 78.8 Å². The molecule has 0 aliphatic carbocycles. The van der Waals surface area contributed by atoms with E-state index in [0.29, 0.717) is 13.2 Å². The fraction of sp³-hybridized carbons (Fsp3) is 0.875. The van der Waals surface area contributed by atoms with Gasteiger partial charge in [-0.3, -0.25) is 0 Å². The van der Waals surface area contributed by atoms with E-state index >= 15 is 0 Å². The molecule has 0 aliphatic heterocycles. The largest absolute Gasteiger partial charge is 0.464 e. The zero-order chi connectivity index (χ0) is 9.23. The Hall–Kier alpha value is -0.220. The van der Waals surface area contributed by atoms with Crippen LogP contribution >= 0.6 is 12.6 Å². The van der Waals surface area contributed by atoms with E-state index in [1.165, 1.54) is 0 Å². The summed E-state index contributed by atoms with van der Waals surface area (Å²) in [4.78, 5) is 10.7. The van der Waals surface area contributed by atoms with Crippen LogP contribution in [0.4, 0.5) is 0 Å². The molecule has 0 aliphatic rings. The highest BCUT2D eigenvalue weighted by Crippen LogP contribution is 1.92. The van der Waals surface area contributed by atoms with E-state index in [1.54, 1.807) is 6.92 Å². The van der Waals surface area contributed by atoms with Crippen LogP contribution in [0.25, 0.3) is 0 Å². The van der Waals surface area contributed by atoms with E-state index in [1.807, 2.05) is 0 Å². The third-order valence-corrected chi connectivity index (χ3v) is 1.54. The topological polar surface area (TPSA) is 35.5 Å². The summed E-state index contributed by atoms with van der Waals surface area (Å²) in [7, 11) is 0. The summed E-state index contributed by atoms with van der Waals surface area (Å²) in [6.07, 6.45) is 1.97. The number of carbonyl (C=O) groups is 1. The highest BCUT2D eigenvalue weighted by Gasteiger charge is 1.99. The molecule has 0 bridgehead atoms. The van der Waals surface area contributed by atoms with Gasteiger partial charge in [0.1, 0.15) is 6.61 Å². The minimum absolute atomic E-state index is 0.0699. The first kappa shape index (κ1) is 11.8. The number of carbonyl (C=O) groups excluding carboxylic acids is 1. The molecule has 0 atom stereocenters. The van der Waals surface area contributed by atoms with Crippen molar-refractivity contribution in [2.45, 2.75) is 19.8 Å². The van der Waals surface area contributed by atoms with E-state index in [4.69, 9.17) is 4.74 Å². The number of esters is 1. The molecule has 4 heteroatoms. The van der Waals surface area contributed by atoms with Gasteiger partial charge in [-0.05, 0) is 25.5 Å². The average molecular weight is 192 g/mol. The summed E-state index contributed by atoms with van der Waals surface area (Å²) in [5.74, 6) is 0.575. The van der Waals surface area contributed by atoms with Crippen LogP contribution < -0.4 is 0 Å². The van der Waals surface area contributed by atoms with Crippen molar-refractivity contribution in [2.75, 3.05) is 25.6 Å². The van der Waals surface area contributed by atoms with Crippen LogP contribution in [-0.4, -0.2) is 31.5 Å². The summed E-state index contributed by atoms with van der Waals surface area (Å²) in [5.41, 5.74) is 0. The first-order valence-corrected chi connectivity index (χ1v) is 4.78. The second-order valence-corrected chi connectivity index (χ2v) is 2.74. The molecule has 0 aromatic heterocycles. The van der Waals surface area contributed by atoms with E-state index < -0.39 is 0 Å². The first-order chi connectivity index (χ1) is 5.81. The van der Waals surface area contributed by atoms with E-state index in [0.717, 1.165) is 18.6 Å². The number of ether oxygens (including phenoxy) is 2. The molecule has 72 valence electrons. The molecule has 0 rings (SSSR count). The Morgan fingerprint density at radius 3 is 2.75 bits per heavy atom. The van der Waals surface area contributed by atoms with E-state index in [2.05, 4.69) is 17.4 Å². The zero-order valence-corrected chi connectivity index (χ0v) is 8.31. The van der Waals surface area contributed by atoms with Crippen LogP contribution in [0.5, 0.6) is 0 Å². The lowest BCUT2D eigenvalue weighted by Crippen LogP contribution is -2.12. The molecule has 0 radical (unpaired) electrons. The highest BCUT2D eigenvalue weighted by molar-refractivity contribution is 7.80. The summed E-state index contributed by atoms with van der Waals surface area (Å²) in [6.45, 7) is 2.87. The van der Waals surface area contributed by atoms with Crippen molar-refractivity contribution in [3.05, 3.63) is 0 Å². The number of hydrogen-bond acceptors (Lipinski definition) is 4. The molecular formula is C8H16O3S. The molecule has 0 unspecified atom stereocenters. The molecule has 0 saturated heterocycles. The predicted octanol–water partition coefficient (Wildman–Crippen LogP) is 1.28. The predicted molar refractivity (Wildman–Crippen MR) is 50.5 cm³/mol. The van der Waals surface area contributed by atoms with Crippen molar-refractivity contribution in [3.63, 3.8) is 0 Å². The fourth-order valence-electron chi connectivity index (χ4n) is 0.674. The maximum absolute atomic E-state index is 10.7. The van der Waals surface area contributed by atoms with Crippen molar-refractivity contribution in [3.8, 4) is 0 Å². The van der Waals surface area contributed by atoms with Gasteiger partial charge in [0, 0.05) is 6.61 Å². The van der Waals surface area contributed by atoms with E-state index in [9.17, 15) is 4.79 Å². The number of unbranched alkanes of at least 4 members (excludes halogenated alkanes) is 1. The van der Waals surface area contributed by atoms with Crippen LogP contribution in [0.15, 0.2) is 0 Å². The lowest BCUT2D eigenvalue weighted by molar-refractivity contribution is -0.148. The van der Waals surface area contributed by atoms with Crippen LogP contribution in [0.3, 0.4) is 0 Å². The molecule has 0 heterocycles. The van der Waals surface area contributed by atoms with Gasteiger partial charge in [-0.2, -0.15) is 12.6 Å². The SMILES string of the molecule is CCOC(=O)COCCCCS. The number of rotatable bonds is 7. The van der Waals surface area contributed by atoms with Crippen molar-refractivity contribution in [1.29, 1.82) is 0 Å². The summed E-state index contributed by atoms with van der Waals surface area (Å²) in [6, 6.07) is 0. The Bertz CT molecular complexity index is 117. The lowest BCUT2D eigenvalue weighted by atomic mass is 10.4. The fourth-order valence-corrected chi connectivity index (χ4v) is 0.898. The molecule has 0 aromatic rings. The van der Waals surface area contributed by atoms with Gasteiger partial charge in [0.05, 0.1) is 6.61 Å². The second kappa shape index (κ2) is 8.87. The summed E-state index contributed by atoms with van der Waals surface area (Å²) >= 11 is 4.05. The average Bonchev–Trinajstić information content (AvgIpc) is 2.05. The van der Waals surface area contributed by atoms with Crippen LogP contribution in [0.2, 0.25) is 0 Å². The van der Waals surface area contributed by atoms with Crippen LogP contribution in [-0.2, 0) is 14.3 Å². The molecule has 0 spiro atoms. The molecule has 0 amide bonds. The van der Waals surface area contributed by atoms with Gasteiger partial charge in [-0.15, -0.1) is 0 Å². The number of thiol groups is 1. The smallest absolute Gasteiger partial charge is 0.332 e. The van der Waals surface area contributed by atoms with Crippen LogP contribution in [0.1, 0.15) is 19.8 Å². The molecule has 0 saturated carbocycles. The molecule has 0 N–H and O–H groups in total. The quantitative estimate of drug-likeness (QED) is 0.375. The van der Waals surface area contributed by atoms with Crippen molar-refractivity contribution in [1.82, 2.24) is 0 Å². The highest BCUT2D eigenvalue weighted by atomic mass is 32.1. The first-order valence-electron chi connectivity index (χ1n) is 4.15. The Morgan fingerprint density at radius 1 is 1.42 bits per heavy atom. The molecular weight excluding hydrogens is 176 g/mol. The Kier molecular flexibility index (Phi) is 8.71. The van der Waals surface area contributed by atoms with Crippen molar-refractivity contribution >= 4 is 18.6 Å². The van der Waals surface area contributed by atoms with Crippen molar-refractivity contribution in [2.24, 2.45) is 0 Å². The van der Waals surface area contributed by atoms with Crippen molar-refractivity contribution < 1.29 is 14.3 Å². The third kappa shape index (κ3) is 7.88. The lowest BCUT2D eigenvalue weighted by Gasteiger charge is -2.02. The van der Waals surface area contributed by atoms with Gasteiger partial charge < -0.3 is 9.47 Å². The van der Waals surface area contributed by atoms with Gasteiger partial charge >= 0.3 is 5.97 Å².